The van der Waals surface area contributed by atoms with Gasteiger partial charge >= 0.3 is 0 Å². The molecule has 160 valence electrons. The smallest absolute Gasteiger partial charge is 0.254 e. The largest absolute Gasteiger partial charge is 0.493 e. The highest BCUT2D eigenvalue weighted by atomic mass is 16.5. The highest BCUT2D eigenvalue weighted by molar-refractivity contribution is 5.88. The fraction of sp³-hybridized carbons (Fsp3) is 0.696. The van der Waals surface area contributed by atoms with Gasteiger partial charge in [0, 0.05) is 24.4 Å². The van der Waals surface area contributed by atoms with Gasteiger partial charge in [0.2, 0.25) is 0 Å². The summed E-state index contributed by atoms with van der Waals surface area (Å²) in [4.78, 5) is 14.5. The van der Waals surface area contributed by atoms with Crippen molar-refractivity contribution in [1.82, 2.24) is 4.90 Å². The maximum Gasteiger partial charge on any atom is 0.254 e. The molecule has 3 atom stereocenters. The average molecular weight is 404 g/mol. The third-order valence-corrected chi connectivity index (χ3v) is 7.28. The van der Waals surface area contributed by atoms with Crippen LogP contribution >= 0.6 is 0 Å². The van der Waals surface area contributed by atoms with E-state index < -0.39 is 17.1 Å². The Labute approximate surface area is 172 Å². The molecule has 3 fully saturated rings. The maximum atomic E-state index is 12.8. The molecule has 3 aliphatic rings. The van der Waals surface area contributed by atoms with Gasteiger partial charge in [0.05, 0.1) is 19.3 Å². The number of carbonyl (C=O) groups is 1. The molecule has 0 spiro atoms. The molecule has 1 unspecified atom stereocenters. The van der Waals surface area contributed by atoms with Crippen LogP contribution in [0.5, 0.6) is 11.5 Å². The number of amides is 1. The Morgan fingerprint density at radius 1 is 1.24 bits per heavy atom. The van der Waals surface area contributed by atoms with Gasteiger partial charge in [0.25, 0.3) is 5.91 Å². The van der Waals surface area contributed by atoms with Crippen molar-refractivity contribution in [3.05, 3.63) is 23.8 Å². The zero-order valence-electron chi connectivity index (χ0n) is 17.7. The number of hydrogen-bond donors (Lipinski definition) is 2. The summed E-state index contributed by atoms with van der Waals surface area (Å²) in [6.07, 6.45) is 5.17. The first-order valence-electron chi connectivity index (χ1n) is 10.8. The summed E-state index contributed by atoms with van der Waals surface area (Å²) in [5.74, 6) is 1.18. The minimum atomic E-state index is -1.19. The molecule has 29 heavy (non-hydrogen) atoms. The molecule has 2 saturated carbocycles. The van der Waals surface area contributed by atoms with Crippen molar-refractivity contribution in [2.45, 2.75) is 76.1 Å². The second kappa shape index (κ2) is 7.47. The van der Waals surface area contributed by atoms with Crippen LogP contribution in [0.15, 0.2) is 18.2 Å². The molecule has 2 N–H and O–H groups in total. The quantitative estimate of drug-likeness (QED) is 0.764. The molecule has 1 aromatic rings. The van der Waals surface area contributed by atoms with Gasteiger partial charge in [-0.25, -0.2) is 0 Å². The summed E-state index contributed by atoms with van der Waals surface area (Å²) >= 11 is 0. The van der Waals surface area contributed by atoms with E-state index in [2.05, 4.69) is 0 Å². The zero-order valence-corrected chi connectivity index (χ0v) is 17.7. The first-order valence-corrected chi connectivity index (χ1v) is 10.8. The van der Waals surface area contributed by atoms with Crippen molar-refractivity contribution in [2.24, 2.45) is 5.41 Å². The Balaban J connectivity index is 1.63. The SMILES string of the molecule is COc1ccc([C@@H]2CN(C(=O)C3(O)CC3)C[C@@]2(C)C(C)O)cc1OC1CCCC1. The molecule has 1 heterocycles. The minimum Gasteiger partial charge on any atom is -0.493 e. The van der Waals surface area contributed by atoms with Crippen LogP contribution in [0.25, 0.3) is 0 Å². The van der Waals surface area contributed by atoms with Crippen molar-refractivity contribution < 1.29 is 24.5 Å². The van der Waals surface area contributed by atoms with Crippen molar-refractivity contribution in [3.8, 4) is 11.5 Å². The summed E-state index contributed by atoms with van der Waals surface area (Å²) < 4.78 is 11.8. The molecule has 1 aliphatic heterocycles. The van der Waals surface area contributed by atoms with Crippen LogP contribution < -0.4 is 9.47 Å². The molecule has 6 heteroatoms. The van der Waals surface area contributed by atoms with Crippen molar-refractivity contribution in [2.75, 3.05) is 20.2 Å². The number of nitrogens with zero attached hydrogens (tertiary/aromatic N) is 1. The highest BCUT2D eigenvalue weighted by Crippen LogP contribution is 2.49. The maximum absolute atomic E-state index is 12.8. The fourth-order valence-electron chi connectivity index (χ4n) is 4.89. The second-order valence-corrected chi connectivity index (χ2v) is 9.39. The normalized spacial score (nSPS) is 29.7. The lowest BCUT2D eigenvalue weighted by molar-refractivity contribution is -0.142. The molecule has 1 amide bonds. The molecular weight excluding hydrogens is 370 g/mol. The number of rotatable bonds is 6. The molecule has 1 saturated heterocycles. The van der Waals surface area contributed by atoms with Gasteiger partial charge in [-0.05, 0) is 63.1 Å². The van der Waals surface area contributed by atoms with Gasteiger partial charge in [0.15, 0.2) is 11.5 Å². The summed E-state index contributed by atoms with van der Waals surface area (Å²) in [5.41, 5.74) is -0.661. The van der Waals surface area contributed by atoms with Crippen molar-refractivity contribution in [3.63, 3.8) is 0 Å². The van der Waals surface area contributed by atoms with E-state index in [1.54, 1.807) is 18.9 Å². The second-order valence-electron chi connectivity index (χ2n) is 9.39. The number of aliphatic hydroxyl groups excluding tert-OH is 1. The molecule has 0 bridgehead atoms. The van der Waals surface area contributed by atoms with E-state index in [1.165, 1.54) is 12.8 Å². The van der Waals surface area contributed by atoms with Gasteiger partial charge in [-0.1, -0.05) is 13.0 Å². The standard InChI is InChI=1S/C23H33NO5/c1-15(25)22(2)14-24(21(26)23(27)10-11-23)13-18(22)16-8-9-19(28-3)20(12-16)29-17-6-4-5-7-17/h8-9,12,15,17-18,25,27H,4-7,10-11,13-14H2,1-3H3/t15?,18-,22-/m0/s1. The summed E-state index contributed by atoms with van der Waals surface area (Å²) in [7, 11) is 1.64. The first kappa shape index (κ1) is 20.5. The summed E-state index contributed by atoms with van der Waals surface area (Å²) in [6, 6.07) is 5.94. The molecule has 6 nitrogen and oxygen atoms in total. The first-order chi connectivity index (χ1) is 13.8. The van der Waals surface area contributed by atoms with E-state index in [0.29, 0.717) is 31.7 Å². The number of aliphatic hydroxyl groups is 2. The number of carbonyl (C=O) groups excluding carboxylic acids is 1. The Morgan fingerprint density at radius 3 is 2.52 bits per heavy atom. The Kier molecular flexibility index (Phi) is 5.28. The van der Waals surface area contributed by atoms with Crippen LogP contribution in [0.4, 0.5) is 0 Å². The molecule has 0 radical (unpaired) electrons. The summed E-state index contributed by atoms with van der Waals surface area (Å²) in [6.45, 7) is 4.72. The zero-order chi connectivity index (χ0) is 20.8. The van der Waals surface area contributed by atoms with Crippen LogP contribution in [-0.4, -0.2) is 59.0 Å². The van der Waals surface area contributed by atoms with Crippen LogP contribution in [0.1, 0.15) is 63.9 Å². The van der Waals surface area contributed by atoms with Gasteiger partial charge in [-0.3, -0.25) is 4.79 Å². The van der Waals surface area contributed by atoms with E-state index in [0.717, 1.165) is 24.2 Å². The molecule has 4 rings (SSSR count). The molecule has 0 aromatic heterocycles. The van der Waals surface area contributed by atoms with Crippen LogP contribution in [0.2, 0.25) is 0 Å². The van der Waals surface area contributed by atoms with E-state index >= 15 is 0 Å². The van der Waals surface area contributed by atoms with Crippen molar-refractivity contribution in [1.29, 1.82) is 0 Å². The molecule has 1 aromatic carbocycles. The van der Waals surface area contributed by atoms with Gasteiger partial charge in [-0.15, -0.1) is 0 Å². The average Bonchev–Trinajstić information content (AvgIpc) is 3.09. The third kappa shape index (κ3) is 3.73. The Morgan fingerprint density at radius 2 is 1.93 bits per heavy atom. The number of likely N-dealkylation sites (tertiary alicyclic amines) is 1. The van der Waals surface area contributed by atoms with E-state index in [-0.39, 0.29) is 17.9 Å². The lowest BCUT2D eigenvalue weighted by Gasteiger charge is -2.34. The van der Waals surface area contributed by atoms with E-state index in [4.69, 9.17) is 9.47 Å². The number of ether oxygens (including phenoxy) is 2. The number of benzene rings is 1. The Bertz CT molecular complexity index is 769. The number of hydrogen-bond acceptors (Lipinski definition) is 5. The molecule has 2 aliphatic carbocycles. The number of methoxy groups -OCH3 is 1. The molecular formula is C23H33NO5. The van der Waals surface area contributed by atoms with Crippen molar-refractivity contribution >= 4 is 5.91 Å². The van der Waals surface area contributed by atoms with Gasteiger partial charge < -0.3 is 24.6 Å². The van der Waals surface area contributed by atoms with E-state index in [1.807, 2.05) is 25.1 Å². The van der Waals surface area contributed by atoms with Crippen LogP contribution in [-0.2, 0) is 4.79 Å². The fourth-order valence-corrected chi connectivity index (χ4v) is 4.89. The topological polar surface area (TPSA) is 79.2 Å². The van der Waals surface area contributed by atoms with Crippen LogP contribution in [0, 0.1) is 5.41 Å². The Hall–Kier alpha value is -1.79. The predicted molar refractivity (Wildman–Crippen MR) is 109 cm³/mol. The van der Waals surface area contributed by atoms with Gasteiger partial charge in [0.1, 0.15) is 5.60 Å². The lowest BCUT2D eigenvalue weighted by atomic mass is 9.72. The van der Waals surface area contributed by atoms with Crippen LogP contribution in [0.3, 0.4) is 0 Å². The minimum absolute atomic E-state index is 0.0503. The lowest BCUT2D eigenvalue weighted by Crippen LogP contribution is -2.42. The summed E-state index contributed by atoms with van der Waals surface area (Å²) in [5, 5.41) is 20.9. The monoisotopic (exact) mass is 403 g/mol. The third-order valence-electron chi connectivity index (χ3n) is 7.28. The predicted octanol–water partition coefficient (Wildman–Crippen LogP) is 2.85. The van der Waals surface area contributed by atoms with E-state index in [9.17, 15) is 15.0 Å². The highest BCUT2D eigenvalue weighted by Gasteiger charge is 2.55. The van der Waals surface area contributed by atoms with Gasteiger partial charge in [-0.2, -0.15) is 0 Å².